The molecule has 7 heteroatoms. The zero-order valence-electron chi connectivity index (χ0n) is 13.9. The van der Waals surface area contributed by atoms with Crippen LogP contribution in [0.2, 0.25) is 0 Å². The van der Waals surface area contributed by atoms with Gasteiger partial charge in [0.25, 0.3) is 0 Å². The van der Waals surface area contributed by atoms with Crippen LogP contribution in [0.25, 0.3) is 0 Å². The third-order valence-corrected chi connectivity index (χ3v) is 4.28. The van der Waals surface area contributed by atoms with E-state index in [1.807, 2.05) is 18.2 Å². The van der Waals surface area contributed by atoms with Crippen molar-refractivity contribution in [2.45, 2.75) is 25.7 Å². The van der Waals surface area contributed by atoms with Crippen molar-refractivity contribution in [3.8, 4) is 0 Å². The lowest BCUT2D eigenvalue weighted by Crippen LogP contribution is -2.34. The molecule has 0 aliphatic heterocycles. The Labute approximate surface area is 148 Å². The maximum absolute atomic E-state index is 13.5. The van der Waals surface area contributed by atoms with Gasteiger partial charge in [0.1, 0.15) is 0 Å². The summed E-state index contributed by atoms with van der Waals surface area (Å²) in [5.41, 5.74) is 2.93. The van der Waals surface area contributed by atoms with Gasteiger partial charge < -0.3 is 10.6 Å². The van der Waals surface area contributed by atoms with E-state index in [2.05, 4.69) is 10.6 Å². The lowest BCUT2D eigenvalue weighted by Gasteiger charge is -2.09. The zero-order valence-corrected chi connectivity index (χ0v) is 13.9. The highest BCUT2D eigenvalue weighted by molar-refractivity contribution is 5.94. The summed E-state index contributed by atoms with van der Waals surface area (Å²) in [6.07, 6.45) is 3.31. The first-order chi connectivity index (χ1) is 12.4. The fourth-order valence-corrected chi connectivity index (χ4v) is 2.98. The van der Waals surface area contributed by atoms with Gasteiger partial charge in [0.05, 0.1) is 18.7 Å². The number of nitrogens with one attached hydrogen (secondary N) is 2. The molecule has 1 aliphatic carbocycles. The molecule has 0 atom stereocenters. The average Bonchev–Trinajstić information content (AvgIpc) is 3.08. The minimum Gasteiger partial charge on any atom is -0.347 e. The first-order valence-electron chi connectivity index (χ1n) is 8.25. The van der Waals surface area contributed by atoms with E-state index in [9.17, 15) is 22.8 Å². The van der Waals surface area contributed by atoms with Crippen LogP contribution in [0.15, 0.2) is 30.3 Å². The molecule has 0 aromatic heterocycles. The molecular formula is C19H17F3N2O2. The molecule has 4 nitrogen and oxygen atoms in total. The van der Waals surface area contributed by atoms with Crippen LogP contribution in [0, 0.1) is 17.5 Å². The molecule has 0 fully saturated rings. The highest BCUT2D eigenvalue weighted by Gasteiger charge is 2.16. The summed E-state index contributed by atoms with van der Waals surface area (Å²) in [7, 11) is 0. The molecule has 1 aliphatic rings. The van der Waals surface area contributed by atoms with Crippen molar-refractivity contribution in [1.29, 1.82) is 0 Å². The van der Waals surface area contributed by atoms with Crippen LogP contribution in [0.1, 0.15) is 23.1 Å². The number of aryl methyl sites for hydroxylation is 2. The number of anilines is 1. The van der Waals surface area contributed by atoms with Crippen molar-refractivity contribution in [3.63, 3.8) is 0 Å². The van der Waals surface area contributed by atoms with Crippen molar-refractivity contribution in [2.75, 3.05) is 11.9 Å². The fraction of sp³-hybridized carbons (Fsp3) is 0.263. The number of hydrogen-bond donors (Lipinski definition) is 2. The van der Waals surface area contributed by atoms with Crippen molar-refractivity contribution >= 4 is 17.5 Å². The normalized spacial score (nSPS) is 12.6. The maximum atomic E-state index is 13.5. The molecule has 0 bridgehead atoms. The molecular weight excluding hydrogens is 345 g/mol. The smallest absolute Gasteiger partial charge is 0.243 e. The summed E-state index contributed by atoms with van der Waals surface area (Å²) in [5.74, 6) is -5.59. The largest absolute Gasteiger partial charge is 0.347 e. The second kappa shape index (κ2) is 7.59. The molecule has 2 aromatic rings. The lowest BCUT2D eigenvalue weighted by atomic mass is 10.0. The van der Waals surface area contributed by atoms with Gasteiger partial charge in [-0.15, -0.1) is 0 Å². The molecule has 2 N–H and O–H groups in total. The van der Waals surface area contributed by atoms with E-state index in [-0.39, 0.29) is 12.3 Å². The number of carbonyl (C=O) groups is 2. The summed E-state index contributed by atoms with van der Waals surface area (Å²) in [4.78, 5) is 23.7. The molecule has 0 radical (unpaired) electrons. The molecule has 0 unspecified atom stereocenters. The van der Waals surface area contributed by atoms with Gasteiger partial charge in [0.2, 0.25) is 11.8 Å². The summed E-state index contributed by atoms with van der Waals surface area (Å²) in [6, 6.07) is 7.53. The van der Waals surface area contributed by atoms with Crippen molar-refractivity contribution in [1.82, 2.24) is 5.32 Å². The lowest BCUT2D eigenvalue weighted by molar-refractivity contribution is -0.123. The summed E-state index contributed by atoms with van der Waals surface area (Å²) in [5, 5.41) is 4.52. The quantitative estimate of drug-likeness (QED) is 0.804. The van der Waals surface area contributed by atoms with E-state index in [1.165, 1.54) is 11.1 Å². The van der Waals surface area contributed by atoms with E-state index in [0.717, 1.165) is 30.9 Å². The van der Waals surface area contributed by atoms with Crippen LogP contribution in [0.4, 0.5) is 18.9 Å². The van der Waals surface area contributed by atoms with Gasteiger partial charge in [-0.05, 0) is 48.1 Å². The molecule has 0 spiro atoms. The van der Waals surface area contributed by atoms with E-state index in [4.69, 9.17) is 0 Å². The van der Waals surface area contributed by atoms with Crippen LogP contribution < -0.4 is 10.6 Å². The summed E-state index contributed by atoms with van der Waals surface area (Å²) >= 11 is 0. The number of rotatable bonds is 5. The first kappa shape index (κ1) is 18.0. The molecule has 26 heavy (non-hydrogen) atoms. The molecule has 0 saturated heterocycles. The van der Waals surface area contributed by atoms with Gasteiger partial charge in [-0.2, -0.15) is 0 Å². The van der Waals surface area contributed by atoms with Crippen LogP contribution in [-0.4, -0.2) is 18.4 Å². The van der Waals surface area contributed by atoms with Gasteiger partial charge in [-0.3, -0.25) is 9.59 Å². The van der Waals surface area contributed by atoms with Crippen LogP contribution in [-0.2, 0) is 28.9 Å². The fourth-order valence-electron chi connectivity index (χ4n) is 2.98. The predicted molar refractivity (Wildman–Crippen MR) is 90.1 cm³/mol. The third kappa shape index (κ3) is 4.04. The van der Waals surface area contributed by atoms with Gasteiger partial charge in [-0.25, -0.2) is 13.2 Å². The van der Waals surface area contributed by atoms with E-state index < -0.39 is 35.6 Å². The monoisotopic (exact) mass is 362 g/mol. The Morgan fingerprint density at radius 3 is 2.50 bits per heavy atom. The van der Waals surface area contributed by atoms with E-state index in [1.54, 1.807) is 0 Å². The second-order valence-electron chi connectivity index (χ2n) is 6.18. The van der Waals surface area contributed by atoms with Crippen LogP contribution in [0.3, 0.4) is 0 Å². The Balaban J connectivity index is 1.51. The van der Waals surface area contributed by atoms with Gasteiger partial charge in [0.15, 0.2) is 17.5 Å². The minimum absolute atomic E-state index is 0.125. The highest BCUT2D eigenvalue weighted by Crippen LogP contribution is 2.23. The molecule has 2 aromatic carbocycles. The first-order valence-corrected chi connectivity index (χ1v) is 8.25. The zero-order chi connectivity index (χ0) is 18.7. The third-order valence-electron chi connectivity index (χ3n) is 4.28. The highest BCUT2D eigenvalue weighted by atomic mass is 19.2. The van der Waals surface area contributed by atoms with E-state index >= 15 is 0 Å². The van der Waals surface area contributed by atoms with Gasteiger partial charge in [-0.1, -0.05) is 18.2 Å². The Bertz CT molecular complexity index is 868. The number of fused-ring (bicyclic) bond motifs is 1. The Morgan fingerprint density at radius 1 is 0.923 bits per heavy atom. The molecule has 2 amide bonds. The number of benzene rings is 2. The van der Waals surface area contributed by atoms with Crippen molar-refractivity contribution in [3.05, 3.63) is 64.5 Å². The molecule has 0 saturated carbocycles. The molecule has 0 heterocycles. The molecule has 3 rings (SSSR count). The standard InChI is InChI=1S/C19H17F3N2O2/c20-14-6-7-15(19(22)18(14)21)24-17(26)10-23-16(25)9-11-4-5-12-2-1-3-13(12)8-11/h4-8H,1-3,9-10H2,(H,23,25)(H,24,26). The number of amides is 2. The summed E-state index contributed by atoms with van der Waals surface area (Å²) in [6.45, 7) is -0.401. The van der Waals surface area contributed by atoms with Gasteiger partial charge >= 0.3 is 0 Å². The van der Waals surface area contributed by atoms with E-state index in [0.29, 0.717) is 6.07 Å². The van der Waals surface area contributed by atoms with Crippen LogP contribution in [0.5, 0.6) is 0 Å². The number of hydrogen-bond acceptors (Lipinski definition) is 2. The molecule has 136 valence electrons. The Hall–Kier alpha value is -2.83. The SMILES string of the molecule is O=C(Cc1ccc2c(c1)CCC2)NCC(=O)Nc1ccc(F)c(F)c1F. The topological polar surface area (TPSA) is 58.2 Å². The Kier molecular flexibility index (Phi) is 5.25. The van der Waals surface area contributed by atoms with Crippen LogP contribution >= 0.6 is 0 Å². The second-order valence-corrected chi connectivity index (χ2v) is 6.18. The van der Waals surface area contributed by atoms with Gasteiger partial charge in [0, 0.05) is 0 Å². The minimum atomic E-state index is -1.66. The number of carbonyl (C=O) groups excluding carboxylic acids is 2. The van der Waals surface area contributed by atoms with Crippen molar-refractivity contribution < 1.29 is 22.8 Å². The number of halogens is 3. The maximum Gasteiger partial charge on any atom is 0.243 e. The average molecular weight is 362 g/mol. The predicted octanol–water partition coefficient (Wildman–Crippen LogP) is 2.89. The van der Waals surface area contributed by atoms with Crippen molar-refractivity contribution in [2.24, 2.45) is 0 Å². The summed E-state index contributed by atoms with van der Waals surface area (Å²) < 4.78 is 39.5. The Morgan fingerprint density at radius 2 is 1.69 bits per heavy atom.